The summed E-state index contributed by atoms with van der Waals surface area (Å²) < 4.78 is 5.60. The Balaban J connectivity index is 1.30. The Bertz CT molecular complexity index is 1420. The Hall–Kier alpha value is -3.00. The molecule has 1 amide bonds. The van der Waals surface area contributed by atoms with Gasteiger partial charge in [-0.25, -0.2) is 19.7 Å². The maximum Gasteiger partial charge on any atom is 0.410 e. The molecule has 0 unspecified atom stereocenters. The van der Waals surface area contributed by atoms with Gasteiger partial charge in [0.15, 0.2) is 0 Å². The summed E-state index contributed by atoms with van der Waals surface area (Å²) in [6.07, 6.45) is 3.84. The monoisotopic (exact) mass is 545 g/mol. The van der Waals surface area contributed by atoms with Crippen LogP contribution in [0.25, 0.3) is 11.3 Å². The van der Waals surface area contributed by atoms with Gasteiger partial charge in [-0.15, -0.1) is 11.3 Å². The number of carbonyl (C=O) groups is 1. The molecule has 1 atom stereocenters. The molecule has 0 bridgehead atoms. The first-order valence-electron chi connectivity index (χ1n) is 14.1. The number of thiazole rings is 1. The smallest absolute Gasteiger partial charge is 0.410 e. The summed E-state index contributed by atoms with van der Waals surface area (Å²) in [4.78, 5) is 33.2. The van der Waals surface area contributed by atoms with Gasteiger partial charge in [-0.05, 0) is 78.4 Å². The zero-order valence-electron chi connectivity index (χ0n) is 24.0. The van der Waals surface area contributed by atoms with E-state index in [0.717, 1.165) is 69.2 Å². The fourth-order valence-electron chi connectivity index (χ4n) is 6.48. The summed E-state index contributed by atoms with van der Waals surface area (Å²) in [7, 11) is 0. The van der Waals surface area contributed by atoms with Crippen LogP contribution >= 0.6 is 11.3 Å². The number of benzene rings is 1. The lowest BCUT2D eigenvalue weighted by Crippen LogP contribution is -2.60. The molecule has 0 N–H and O–H groups in total. The maximum absolute atomic E-state index is 12.6. The van der Waals surface area contributed by atoms with E-state index in [0.29, 0.717) is 5.92 Å². The van der Waals surface area contributed by atoms with Gasteiger partial charge in [0, 0.05) is 53.5 Å². The predicted molar refractivity (Wildman–Crippen MR) is 156 cm³/mol. The van der Waals surface area contributed by atoms with Crippen molar-refractivity contribution in [1.29, 1.82) is 0 Å². The van der Waals surface area contributed by atoms with Crippen LogP contribution in [0.15, 0.2) is 23.7 Å². The van der Waals surface area contributed by atoms with E-state index < -0.39 is 5.60 Å². The van der Waals surface area contributed by atoms with Gasteiger partial charge in [0.2, 0.25) is 5.95 Å². The summed E-state index contributed by atoms with van der Waals surface area (Å²) >= 11 is 1.77. The van der Waals surface area contributed by atoms with E-state index in [1.54, 1.807) is 11.3 Å². The molecule has 1 spiro atoms. The van der Waals surface area contributed by atoms with Gasteiger partial charge in [-0.3, -0.25) is 0 Å². The molecule has 8 heteroatoms. The van der Waals surface area contributed by atoms with E-state index in [2.05, 4.69) is 48.9 Å². The number of carbonyl (C=O) groups excluding carboxylic acids is 1. The van der Waals surface area contributed by atoms with Crippen LogP contribution in [0.3, 0.4) is 0 Å². The van der Waals surface area contributed by atoms with E-state index in [4.69, 9.17) is 14.7 Å². The predicted octanol–water partition coefficient (Wildman–Crippen LogP) is 6.25. The lowest BCUT2D eigenvalue weighted by Gasteiger charge is -2.47. The maximum atomic E-state index is 12.6. The topological polar surface area (TPSA) is 71.5 Å². The quantitative estimate of drug-likeness (QED) is 0.388. The van der Waals surface area contributed by atoms with Crippen molar-refractivity contribution < 1.29 is 9.53 Å². The SMILES string of the molecule is Cc1cccc(-c2nc(N3CCC4(CN(C(=O)OC(C)(C)C)C4)C3)nc3c2CC[C@H](c2scnc2C)C3)c1C. The van der Waals surface area contributed by atoms with Crippen LogP contribution in [0.2, 0.25) is 0 Å². The molecule has 1 aromatic carbocycles. The third kappa shape index (κ3) is 4.92. The molecule has 1 aliphatic carbocycles. The van der Waals surface area contributed by atoms with Gasteiger partial charge in [0.1, 0.15) is 5.60 Å². The number of nitrogens with zero attached hydrogens (tertiary/aromatic N) is 5. The highest BCUT2D eigenvalue weighted by Gasteiger charge is 2.51. The van der Waals surface area contributed by atoms with Gasteiger partial charge in [-0.1, -0.05) is 18.2 Å². The van der Waals surface area contributed by atoms with Crippen molar-refractivity contribution in [3.05, 3.63) is 56.7 Å². The second-order valence-electron chi connectivity index (χ2n) is 12.8. The number of rotatable bonds is 3. The number of hydrogen-bond donors (Lipinski definition) is 0. The Morgan fingerprint density at radius 3 is 2.64 bits per heavy atom. The van der Waals surface area contributed by atoms with Crippen LogP contribution in [0.1, 0.15) is 72.5 Å². The minimum absolute atomic E-state index is 0.0951. The van der Waals surface area contributed by atoms with E-state index >= 15 is 0 Å². The van der Waals surface area contributed by atoms with Crippen molar-refractivity contribution in [2.45, 2.75) is 78.7 Å². The van der Waals surface area contributed by atoms with E-state index in [9.17, 15) is 4.79 Å². The summed E-state index contributed by atoms with van der Waals surface area (Å²) in [6.45, 7) is 15.5. The summed E-state index contributed by atoms with van der Waals surface area (Å²) in [6, 6.07) is 6.53. The first kappa shape index (κ1) is 26.2. The minimum Gasteiger partial charge on any atom is -0.444 e. The standard InChI is InChI=1S/C31H39N5O2S/c1-19-8-7-9-23(20(19)2)26-24-11-10-22(27-21(3)32-18-39-27)14-25(24)33-28(34-26)35-13-12-31(15-35)16-36(17-31)29(37)38-30(4,5)6/h7-9,18,22H,10-17H2,1-6H3/t22-/m0/s1. The van der Waals surface area contributed by atoms with Crippen molar-refractivity contribution in [1.82, 2.24) is 19.9 Å². The second-order valence-corrected chi connectivity index (χ2v) is 13.7. The largest absolute Gasteiger partial charge is 0.444 e. The highest BCUT2D eigenvalue weighted by atomic mass is 32.1. The summed E-state index contributed by atoms with van der Waals surface area (Å²) in [5.41, 5.74) is 10.1. The molecule has 0 saturated carbocycles. The lowest BCUT2D eigenvalue weighted by atomic mass is 9.79. The number of aryl methyl sites for hydroxylation is 2. The molecular weight excluding hydrogens is 506 g/mol. The van der Waals surface area contributed by atoms with Gasteiger partial charge in [0.05, 0.1) is 22.6 Å². The van der Waals surface area contributed by atoms with E-state index in [1.165, 1.54) is 32.8 Å². The molecule has 2 aromatic heterocycles. The Morgan fingerprint density at radius 1 is 1.13 bits per heavy atom. The molecule has 4 heterocycles. The van der Waals surface area contributed by atoms with Crippen molar-refractivity contribution >= 4 is 23.4 Å². The first-order chi connectivity index (χ1) is 18.5. The van der Waals surface area contributed by atoms with Crippen molar-refractivity contribution in [2.75, 3.05) is 31.1 Å². The zero-order chi connectivity index (χ0) is 27.5. The van der Waals surface area contributed by atoms with E-state index in [1.807, 2.05) is 31.2 Å². The Kier molecular flexibility index (Phi) is 6.44. The molecule has 3 aromatic rings. The lowest BCUT2D eigenvalue weighted by molar-refractivity contribution is -0.0266. The summed E-state index contributed by atoms with van der Waals surface area (Å²) in [5.74, 6) is 1.29. The van der Waals surface area contributed by atoms with E-state index in [-0.39, 0.29) is 11.5 Å². The number of anilines is 1. The van der Waals surface area contributed by atoms with Crippen LogP contribution in [0.4, 0.5) is 10.7 Å². The molecule has 206 valence electrons. The number of likely N-dealkylation sites (tertiary alicyclic amines) is 1. The molecule has 0 radical (unpaired) electrons. The van der Waals surface area contributed by atoms with Gasteiger partial charge < -0.3 is 14.5 Å². The van der Waals surface area contributed by atoms with Crippen LogP contribution in [-0.4, -0.2) is 57.7 Å². The fraction of sp³-hybridized carbons (Fsp3) is 0.548. The molecule has 7 nitrogen and oxygen atoms in total. The van der Waals surface area contributed by atoms with Crippen LogP contribution in [-0.2, 0) is 17.6 Å². The Labute approximate surface area is 235 Å². The van der Waals surface area contributed by atoms with Crippen molar-refractivity contribution in [3.8, 4) is 11.3 Å². The average molecular weight is 546 g/mol. The number of fused-ring (bicyclic) bond motifs is 1. The highest BCUT2D eigenvalue weighted by Crippen LogP contribution is 2.43. The number of ether oxygens (including phenoxy) is 1. The van der Waals surface area contributed by atoms with Gasteiger partial charge in [0.25, 0.3) is 0 Å². The molecule has 39 heavy (non-hydrogen) atoms. The molecule has 2 saturated heterocycles. The molecule has 2 fully saturated rings. The van der Waals surface area contributed by atoms with Crippen molar-refractivity contribution in [3.63, 3.8) is 0 Å². The Morgan fingerprint density at radius 2 is 1.92 bits per heavy atom. The van der Waals surface area contributed by atoms with Gasteiger partial charge >= 0.3 is 6.09 Å². The third-order valence-electron chi connectivity index (χ3n) is 8.70. The normalized spacial score (nSPS) is 20.2. The number of hydrogen-bond acceptors (Lipinski definition) is 7. The number of amides is 1. The number of aromatic nitrogens is 3. The highest BCUT2D eigenvalue weighted by molar-refractivity contribution is 7.09. The zero-order valence-corrected chi connectivity index (χ0v) is 24.8. The third-order valence-corrected chi connectivity index (χ3v) is 9.80. The summed E-state index contributed by atoms with van der Waals surface area (Å²) in [5, 5.41) is 0. The molecule has 6 rings (SSSR count). The molecular formula is C31H39N5O2S. The molecule has 2 aliphatic heterocycles. The average Bonchev–Trinajstić information content (AvgIpc) is 3.50. The van der Waals surface area contributed by atoms with Crippen molar-refractivity contribution in [2.24, 2.45) is 5.41 Å². The first-order valence-corrected chi connectivity index (χ1v) is 15.0. The van der Waals surface area contributed by atoms with Crippen LogP contribution in [0.5, 0.6) is 0 Å². The second kappa shape index (κ2) is 9.58. The van der Waals surface area contributed by atoms with Crippen LogP contribution < -0.4 is 4.90 Å². The minimum atomic E-state index is -0.474. The fourth-order valence-corrected chi connectivity index (χ4v) is 7.43. The van der Waals surface area contributed by atoms with Gasteiger partial charge in [-0.2, -0.15) is 0 Å². The van der Waals surface area contributed by atoms with Crippen LogP contribution in [0, 0.1) is 26.2 Å². The molecule has 3 aliphatic rings.